The molecule has 0 heteroatoms. The first-order valence-electron chi connectivity index (χ1n) is 12.3. The van der Waals surface area contributed by atoms with E-state index in [0.717, 1.165) is 41.4 Å². The van der Waals surface area contributed by atoms with Gasteiger partial charge in [-0.25, -0.2) is 0 Å². The minimum absolute atomic E-state index is 1.01. The fourth-order valence-corrected chi connectivity index (χ4v) is 7.16. The summed E-state index contributed by atoms with van der Waals surface area (Å²) in [5.41, 5.74) is 0. The topological polar surface area (TPSA) is 0 Å². The Balaban J connectivity index is 1.20. The van der Waals surface area contributed by atoms with E-state index in [2.05, 4.69) is 6.92 Å². The molecule has 5 unspecified atom stereocenters. The van der Waals surface area contributed by atoms with Crippen LogP contribution in [0.5, 0.6) is 0 Å². The molecular weight excluding hydrogens is 300 g/mol. The van der Waals surface area contributed by atoms with Gasteiger partial charge in [0.2, 0.25) is 0 Å². The summed E-state index contributed by atoms with van der Waals surface area (Å²) in [6.45, 7) is 2.60. The Hall–Kier alpha value is 0. The molecule has 25 heavy (non-hydrogen) atoms. The fraction of sp³-hybridized carbons (Fsp3) is 1.00. The Morgan fingerprint density at radius 1 is 0.560 bits per heavy atom. The maximum absolute atomic E-state index is 2.60. The van der Waals surface area contributed by atoms with E-state index in [-0.39, 0.29) is 0 Å². The Morgan fingerprint density at radius 3 is 2.00 bits per heavy atom. The van der Waals surface area contributed by atoms with Gasteiger partial charge in [0, 0.05) is 0 Å². The summed E-state index contributed by atoms with van der Waals surface area (Å²) < 4.78 is 0. The van der Waals surface area contributed by atoms with Crippen LogP contribution in [-0.4, -0.2) is 0 Å². The van der Waals surface area contributed by atoms with Crippen molar-refractivity contribution in [2.45, 2.75) is 116 Å². The van der Waals surface area contributed by atoms with E-state index in [1.54, 1.807) is 89.9 Å². The predicted molar refractivity (Wildman–Crippen MR) is 109 cm³/mol. The maximum atomic E-state index is 2.60. The van der Waals surface area contributed by atoms with Crippen LogP contribution in [0.4, 0.5) is 0 Å². The molecule has 0 amide bonds. The molecule has 144 valence electrons. The third-order valence-corrected chi connectivity index (χ3v) is 9.27. The Labute approximate surface area is 157 Å². The molecule has 4 aliphatic carbocycles. The van der Waals surface area contributed by atoms with Crippen molar-refractivity contribution < 1.29 is 0 Å². The zero-order chi connectivity index (χ0) is 17.1. The highest BCUT2D eigenvalue weighted by atomic mass is 14.4. The van der Waals surface area contributed by atoms with E-state index in [0.29, 0.717) is 0 Å². The second-order valence-electron chi connectivity index (χ2n) is 10.9. The Bertz CT molecular complexity index is 389. The first-order valence-corrected chi connectivity index (χ1v) is 12.3. The van der Waals surface area contributed by atoms with Gasteiger partial charge in [-0.2, -0.15) is 0 Å². The molecule has 0 saturated heterocycles. The minimum atomic E-state index is 1.01. The van der Waals surface area contributed by atoms with Crippen LogP contribution in [0.3, 0.4) is 0 Å². The van der Waals surface area contributed by atoms with Crippen LogP contribution in [0.25, 0.3) is 0 Å². The molecule has 4 fully saturated rings. The van der Waals surface area contributed by atoms with E-state index in [4.69, 9.17) is 0 Å². The van der Waals surface area contributed by atoms with Crippen LogP contribution >= 0.6 is 0 Å². The third kappa shape index (κ3) is 4.84. The van der Waals surface area contributed by atoms with Gasteiger partial charge in [-0.1, -0.05) is 84.0 Å². The lowest BCUT2D eigenvalue weighted by atomic mass is 9.79. The van der Waals surface area contributed by atoms with Gasteiger partial charge in [0.1, 0.15) is 0 Å². The summed E-state index contributed by atoms with van der Waals surface area (Å²) in [6.07, 6.45) is 26.6. The van der Waals surface area contributed by atoms with Gasteiger partial charge in [-0.3, -0.25) is 0 Å². The number of rotatable bonds is 6. The van der Waals surface area contributed by atoms with Gasteiger partial charge >= 0.3 is 0 Å². The lowest BCUT2D eigenvalue weighted by Crippen LogP contribution is -2.15. The third-order valence-electron chi connectivity index (χ3n) is 9.27. The van der Waals surface area contributed by atoms with Crippen molar-refractivity contribution in [1.29, 1.82) is 0 Å². The van der Waals surface area contributed by atoms with Crippen LogP contribution in [0.15, 0.2) is 0 Å². The SMILES string of the molecule is CC1CCC(C2CCCC2)CCC1CC1CCC(CCC2CCC2)C1. The van der Waals surface area contributed by atoms with E-state index < -0.39 is 0 Å². The predicted octanol–water partition coefficient (Wildman–Crippen LogP) is 8.01. The van der Waals surface area contributed by atoms with E-state index in [1.807, 2.05) is 0 Å². The molecular formula is C25H44. The minimum Gasteiger partial charge on any atom is -0.0622 e. The van der Waals surface area contributed by atoms with E-state index in [1.165, 1.54) is 19.3 Å². The van der Waals surface area contributed by atoms with Crippen molar-refractivity contribution in [1.82, 2.24) is 0 Å². The molecule has 0 bridgehead atoms. The summed E-state index contributed by atoms with van der Waals surface area (Å²) in [5.74, 6) is 7.65. The van der Waals surface area contributed by atoms with Crippen LogP contribution in [0.2, 0.25) is 0 Å². The average molecular weight is 345 g/mol. The van der Waals surface area contributed by atoms with Gasteiger partial charge in [-0.15, -0.1) is 0 Å². The van der Waals surface area contributed by atoms with Gasteiger partial charge < -0.3 is 0 Å². The lowest BCUT2D eigenvalue weighted by Gasteiger charge is -2.27. The molecule has 0 spiro atoms. The average Bonchev–Trinajstić information content (AvgIpc) is 3.21. The second kappa shape index (κ2) is 8.79. The lowest BCUT2D eigenvalue weighted by molar-refractivity contribution is 0.252. The highest BCUT2D eigenvalue weighted by Gasteiger charge is 2.33. The highest BCUT2D eigenvalue weighted by molar-refractivity contribution is 4.85. The molecule has 0 heterocycles. The van der Waals surface area contributed by atoms with Crippen LogP contribution in [0, 0.1) is 41.4 Å². The van der Waals surface area contributed by atoms with Crippen LogP contribution in [0.1, 0.15) is 116 Å². The smallest absolute Gasteiger partial charge is 0.0386 e. The Morgan fingerprint density at radius 2 is 1.24 bits per heavy atom. The first-order chi connectivity index (χ1) is 12.3. The molecule has 4 saturated carbocycles. The summed E-state index contributed by atoms with van der Waals surface area (Å²) in [6, 6.07) is 0. The quantitative estimate of drug-likeness (QED) is 0.428. The molecule has 0 aromatic carbocycles. The van der Waals surface area contributed by atoms with Crippen LogP contribution in [-0.2, 0) is 0 Å². The summed E-state index contributed by atoms with van der Waals surface area (Å²) in [7, 11) is 0. The first kappa shape index (κ1) is 18.4. The van der Waals surface area contributed by atoms with Crippen molar-refractivity contribution in [3.63, 3.8) is 0 Å². The molecule has 0 aromatic rings. The van der Waals surface area contributed by atoms with Crippen LogP contribution < -0.4 is 0 Å². The van der Waals surface area contributed by atoms with E-state index in [9.17, 15) is 0 Å². The monoisotopic (exact) mass is 344 g/mol. The Kier molecular flexibility index (Phi) is 6.46. The standard InChI is InChI=1S/C25H44/c1-19-9-14-24(23-7-2-3-8-23)15-16-25(19)18-22-13-12-21(17-22)11-10-20-5-4-6-20/h19-25H,2-18H2,1H3. The summed E-state index contributed by atoms with van der Waals surface area (Å²) >= 11 is 0. The van der Waals surface area contributed by atoms with Crippen molar-refractivity contribution >= 4 is 0 Å². The largest absolute Gasteiger partial charge is 0.0622 e. The molecule has 4 aliphatic rings. The maximum Gasteiger partial charge on any atom is -0.0386 e. The molecule has 0 aliphatic heterocycles. The van der Waals surface area contributed by atoms with Crippen molar-refractivity contribution in [2.24, 2.45) is 41.4 Å². The summed E-state index contributed by atoms with van der Waals surface area (Å²) in [5, 5.41) is 0. The molecule has 5 atom stereocenters. The highest BCUT2D eigenvalue weighted by Crippen LogP contribution is 2.45. The summed E-state index contributed by atoms with van der Waals surface area (Å²) in [4.78, 5) is 0. The van der Waals surface area contributed by atoms with Gasteiger partial charge in [-0.05, 0) is 73.5 Å². The van der Waals surface area contributed by atoms with Gasteiger partial charge in [0.15, 0.2) is 0 Å². The second-order valence-corrected chi connectivity index (χ2v) is 10.9. The zero-order valence-electron chi connectivity index (χ0n) is 17.1. The molecule has 0 aromatic heterocycles. The number of hydrogen-bond acceptors (Lipinski definition) is 0. The zero-order valence-corrected chi connectivity index (χ0v) is 17.1. The van der Waals surface area contributed by atoms with Crippen molar-refractivity contribution in [2.75, 3.05) is 0 Å². The van der Waals surface area contributed by atoms with Crippen molar-refractivity contribution in [3.8, 4) is 0 Å². The fourth-order valence-electron chi connectivity index (χ4n) is 7.16. The van der Waals surface area contributed by atoms with Gasteiger partial charge in [0.25, 0.3) is 0 Å². The normalized spacial score (nSPS) is 40.9. The molecule has 0 N–H and O–H groups in total. The number of hydrogen-bond donors (Lipinski definition) is 0. The van der Waals surface area contributed by atoms with Gasteiger partial charge in [0.05, 0.1) is 0 Å². The van der Waals surface area contributed by atoms with Crippen molar-refractivity contribution in [3.05, 3.63) is 0 Å². The van der Waals surface area contributed by atoms with E-state index >= 15 is 0 Å². The molecule has 0 nitrogen and oxygen atoms in total. The molecule has 4 rings (SSSR count). The molecule has 0 radical (unpaired) electrons.